The number of nitrogens with one attached hydrogen (secondary N) is 1. The summed E-state index contributed by atoms with van der Waals surface area (Å²) >= 11 is 5.91. The number of piperidine rings is 1. The molecule has 1 saturated heterocycles. The number of aromatic nitrogens is 2. The van der Waals surface area contributed by atoms with Crippen molar-refractivity contribution in [2.75, 3.05) is 18.0 Å². The molecule has 0 aliphatic carbocycles. The van der Waals surface area contributed by atoms with Crippen LogP contribution in [0.2, 0.25) is 5.02 Å². The third-order valence-electron chi connectivity index (χ3n) is 4.89. The Kier molecular flexibility index (Phi) is 4.99. The Balaban J connectivity index is 1.64. The molecule has 140 valence electrons. The highest BCUT2D eigenvalue weighted by molar-refractivity contribution is 6.30. The number of halogens is 1. The lowest BCUT2D eigenvalue weighted by molar-refractivity contribution is 0.0951. The number of rotatable bonds is 4. The third-order valence-corrected chi connectivity index (χ3v) is 5.15. The molecule has 0 unspecified atom stereocenters. The van der Waals surface area contributed by atoms with Gasteiger partial charge in [0.15, 0.2) is 0 Å². The molecule has 1 fully saturated rings. The fourth-order valence-corrected chi connectivity index (χ4v) is 3.65. The maximum absolute atomic E-state index is 12.9. The number of amides is 1. The van der Waals surface area contributed by atoms with E-state index >= 15 is 0 Å². The molecule has 1 amide bonds. The largest absolute Gasteiger partial charge is 0.442 e. The summed E-state index contributed by atoms with van der Waals surface area (Å²) in [5, 5.41) is 4.34. The zero-order chi connectivity index (χ0) is 18.8. The van der Waals surface area contributed by atoms with Gasteiger partial charge in [-0.05, 0) is 43.9 Å². The summed E-state index contributed by atoms with van der Waals surface area (Å²) in [4.78, 5) is 23.9. The quantitative estimate of drug-likeness (QED) is 0.733. The zero-order valence-corrected chi connectivity index (χ0v) is 15.9. The summed E-state index contributed by atoms with van der Waals surface area (Å²) in [5.74, 6) is 1.15. The van der Waals surface area contributed by atoms with Crippen LogP contribution in [0.5, 0.6) is 0 Å². The van der Waals surface area contributed by atoms with Crippen LogP contribution in [0.4, 0.5) is 5.82 Å². The first-order valence-electron chi connectivity index (χ1n) is 9.15. The van der Waals surface area contributed by atoms with Crippen LogP contribution in [0, 0.1) is 6.92 Å². The first-order valence-corrected chi connectivity index (χ1v) is 9.53. The molecule has 1 aromatic carbocycles. The lowest BCUT2D eigenvalue weighted by atomic mass is 10.1. The Labute approximate surface area is 162 Å². The van der Waals surface area contributed by atoms with Crippen LogP contribution in [0.1, 0.15) is 40.9 Å². The lowest BCUT2D eigenvalue weighted by Crippen LogP contribution is -2.31. The summed E-state index contributed by atoms with van der Waals surface area (Å²) < 4.78 is 5.76. The number of furan rings is 1. The average Bonchev–Trinajstić information content (AvgIpc) is 3.04. The monoisotopic (exact) mass is 384 g/mol. The van der Waals surface area contributed by atoms with Crippen molar-refractivity contribution in [3.8, 4) is 0 Å². The minimum Gasteiger partial charge on any atom is -0.442 e. The predicted molar refractivity (Wildman–Crippen MR) is 105 cm³/mol. The highest BCUT2D eigenvalue weighted by atomic mass is 35.5. The molecule has 4 rings (SSSR count). The van der Waals surface area contributed by atoms with Crippen molar-refractivity contribution in [1.82, 2.24) is 15.3 Å². The molecule has 7 heteroatoms. The lowest BCUT2D eigenvalue weighted by Gasteiger charge is -2.28. The number of carbonyl (C=O) groups excluding carboxylic acids is 1. The van der Waals surface area contributed by atoms with Crippen molar-refractivity contribution < 1.29 is 9.21 Å². The Morgan fingerprint density at radius 2 is 1.93 bits per heavy atom. The van der Waals surface area contributed by atoms with Crippen molar-refractivity contribution >= 4 is 34.4 Å². The molecule has 1 aliphatic rings. The second-order valence-corrected chi connectivity index (χ2v) is 7.20. The highest BCUT2D eigenvalue weighted by Crippen LogP contribution is 2.32. The van der Waals surface area contributed by atoms with Gasteiger partial charge in [-0.2, -0.15) is 0 Å². The number of aryl methyl sites for hydroxylation is 1. The minimum atomic E-state index is -0.186. The van der Waals surface area contributed by atoms with Crippen LogP contribution >= 0.6 is 11.6 Å². The van der Waals surface area contributed by atoms with E-state index in [0.29, 0.717) is 34.0 Å². The topological polar surface area (TPSA) is 71.3 Å². The van der Waals surface area contributed by atoms with E-state index in [9.17, 15) is 4.79 Å². The van der Waals surface area contributed by atoms with E-state index in [1.807, 2.05) is 24.3 Å². The molecule has 27 heavy (non-hydrogen) atoms. The van der Waals surface area contributed by atoms with Gasteiger partial charge in [0, 0.05) is 24.7 Å². The van der Waals surface area contributed by atoms with E-state index in [1.54, 1.807) is 6.92 Å². The van der Waals surface area contributed by atoms with Crippen LogP contribution in [-0.4, -0.2) is 29.0 Å². The van der Waals surface area contributed by atoms with Gasteiger partial charge in [-0.25, -0.2) is 9.97 Å². The van der Waals surface area contributed by atoms with E-state index in [1.165, 1.54) is 12.7 Å². The van der Waals surface area contributed by atoms with Crippen LogP contribution < -0.4 is 10.2 Å². The number of benzene rings is 1. The first-order chi connectivity index (χ1) is 13.1. The van der Waals surface area contributed by atoms with Crippen molar-refractivity contribution in [3.05, 3.63) is 52.5 Å². The molecular weight excluding hydrogens is 364 g/mol. The molecule has 0 radical (unpaired) electrons. The molecule has 2 aromatic heterocycles. The van der Waals surface area contributed by atoms with Gasteiger partial charge in [0.1, 0.15) is 17.9 Å². The van der Waals surface area contributed by atoms with Gasteiger partial charge >= 0.3 is 0 Å². The van der Waals surface area contributed by atoms with Crippen molar-refractivity contribution in [2.24, 2.45) is 0 Å². The molecule has 3 aromatic rings. The maximum Gasteiger partial charge on any atom is 0.255 e. The second-order valence-electron chi connectivity index (χ2n) is 6.77. The molecule has 3 heterocycles. The van der Waals surface area contributed by atoms with Gasteiger partial charge in [0.25, 0.3) is 5.91 Å². The van der Waals surface area contributed by atoms with Gasteiger partial charge in [-0.3, -0.25) is 4.79 Å². The van der Waals surface area contributed by atoms with Gasteiger partial charge < -0.3 is 14.6 Å². The van der Waals surface area contributed by atoms with E-state index in [0.717, 1.165) is 37.3 Å². The highest BCUT2D eigenvalue weighted by Gasteiger charge is 2.25. The summed E-state index contributed by atoms with van der Waals surface area (Å²) in [7, 11) is 0. The number of carbonyl (C=O) groups is 1. The summed E-state index contributed by atoms with van der Waals surface area (Å²) in [6.07, 6.45) is 4.98. The SMILES string of the molecule is Cc1oc2ncnc(N3CCCCC3)c2c1C(=O)NCc1ccc(Cl)cc1. The van der Waals surface area contributed by atoms with Gasteiger partial charge in [-0.15, -0.1) is 0 Å². The van der Waals surface area contributed by atoms with Crippen molar-refractivity contribution in [3.63, 3.8) is 0 Å². The fraction of sp³-hybridized carbons (Fsp3) is 0.350. The van der Waals surface area contributed by atoms with E-state index < -0.39 is 0 Å². The van der Waals surface area contributed by atoms with Crippen LogP contribution in [0.15, 0.2) is 35.0 Å². The Morgan fingerprint density at radius 3 is 2.67 bits per heavy atom. The van der Waals surface area contributed by atoms with Crippen molar-refractivity contribution in [1.29, 1.82) is 0 Å². The van der Waals surface area contributed by atoms with Gasteiger partial charge in [0.2, 0.25) is 5.71 Å². The standard InChI is InChI=1S/C20H21ClN4O2/c1-13-16(19(26)22-11-14-5-7-15(21)8-6-14)17-18(23-12-24-20(17)27-13)25-9-3-2-4-10-25/h5-8,12H,2-4,9-11H2,1H3,(H,22,26). The summed E-state index contributed by atoms with van der Waals surface area (Å²) in [6.45, 7) is 4.07. The fourth-order valence-electron chi connectivity index (χ4n) is 3.52. The van der Waals surface area contributed by atoms with E-state index in [-0.39, 0.29) is 5.91 Å². The molecule has 6 nitrogen and oxygen atoms in total. The Hall–Kier alpha value is -2.60. The number of fused-ring (bicyclic) bond motifs is 1. The van der Waals surface area contributed by atoms with Crippen molar-refractivity contribution in [2.45, 2.75) is 32.7 Å². The molecule has 0 bridgehead atoms. The average molecular weight is 385 g/mol. The smallest absolute Gasteiger partial charge is 0.255 e. The Morgan fingerprint density at radius 1 is 1.19 bits per heavy atom. The predicted octanol–water partition coefficient (Wildman–Crippen LogP) is 4.10. The maximum atomic E-state index is 12.9. The third kappa shape index (κ3) is 3.62. The zero-order valence-electron chi connectivity index (χ0n) is 15.2. The van der Waals surface area contributed by atoms with Crippen LogP contribution in [-0.2, 0) is 6.54 Å². The molecule has 1 aliphatic heterocycles. The summed E-state index contributed by atoms with van der Waals surface area (Å²) in [5.41, 5.74) is 1.95. The number of anilines is 1. The number of hydrogen-bond acceptors (Lipinski definition) is 5. The molecule has 0 saturated carbocycles. The molecular formula is C20H21ClN4O2. The van der Waals surface area contributed by atoms with Crippen LogP contribution in [0.25, 0.3) is 11.1 Å². The summed E-state index contributed by atoms with van der Waals surface area (Å²) in [6, 6.07) is 7.41. The Bertz CT molecular complexity index is 962. The van der Waals surface area contributed by atoms with E-state index in [4.69, 9.17) is 16.0 Å². The molecule has 0 atom stereocenters. The van der Waals surface area contributed by atoms with E-state index in [2.05, 4.69) is 20.2 Å². The second kappa shape index (κ2) is 7.56. The normalized spacial score (nSPS) is 14.5. The molecule has 0 spiro atoms. The first kappa shape index (κ1) is 17.8. The minimum absolute atomic E-state index is 0.186. The van der Waals surface area contributed by atoms with Gasteiger partial charge in [-0.1, -0.05) is 23.7 Å². The number of hydrogen-bond donors (Lipinski definition) is 1. The number of nitrogens with zero attached hydrogens (tertiary/aromatic N) is 3. The van der Waals surface area contributed by atoms with Gasteiger partial charge in [0.05, 0.1) is 10.9 Å². The molecule has 1 N–H and O–H groups in total. The van der Waals surface area contributed by atoms with Crippen LogP contribution in [0.3, 0.4) is 0 Å².